The lowest BCUT2D eigenvalue weighted by Gasteiger charge is -2.19. The summed E-state index contributed by atoms with van der Waals surface area (Å²) in [5, 5.41) is 9.58. The van der Waals surface area contributed by atoms with Crippen molar-refractivity contribution in [3.05, 3.63) is 37.1 Å². The Hall–Kier alpha value is -1.83. The van der Waals surface area contributed by atoms with Crippen molar-refractivity contribution in [2.45, 2.75) is 4.90 Å². The first-order chi connectivity index (χ1) is 9.50. The van der Waals surface area contributed by atoms with Crippen molar-refractivity contribution < 1.29 is 13.5 Å². The molecule has 1 aromatic heterocycles. The van der Waals surface area contributed by atoms with Crippen molar-refractivity contribution in [1.82, 2.24) is 9.29 Å². The summed E-state index contributed by atoms with van der Waals surface area (Å²) < 4.78 is 26.4. The largest absolute Gasteiger partial charge is 0.399 e. The second-order valence-electron chi connectivity index (χ2n) is 4.33. The van der Waals surface area contributed by atoms with Crippen molar-refractivity contribution in [3.8, 4) is 0 Å². The van der Waals surface area contributed by atoms with Crippen molar-refractivity contribution >= 4 is 26.6 Å². The first kappa shape index (κ1) is 14.6. The van der Waals surface area contributed by atoms with E-state index in [4.69, 9.17) is 10.8 Å². The molecule has 0 unspecified atom stereocenters. The van der Waals surface area contributed by atoms with E-state index in [1.807, 2.05) is 0 Å². The third kappa shape index (κ3) is 2.55. The van der Waals surface area contributed by atoms with Gasteiger partial charge >= 0.3 is 0 Å². The molecule has 0 amide bonds. The Bertz CT molecular complexity index is 722. The zero-order valence-corrected chi connectivity index (χ0v) is 11.7. The number of hydrogen-bond donors (Lipinski definition) is 3. The summed E-state index contributed by atoms with van der Waals surface area (Å²) >= 11 is 0. The maximum Gasteiger partial charge on any atom is 0.245 e. The van der Waals surface area contributed by atoms with Gasteiger partial charge in [-0.3, -0.25) is 0 Å². The highest BCUT2D eigenvalue weighted by atomic mass is 32.2. The van der Waals surface area contributed by atoms with E-state index in [2.05, 4.69) is 11.6 Å². The van der Waals surface area contributed by atoms with Gasteiger partial charge in [-0.1, -0.05) is 6.08 Å². The third-order valence-corrected chi connectivity index (χ3v) is 4.87. The number of aromatic amines is 1. The summed E-state index contributed by atoms with van der Waals surface area (Å²) in [6.45, 7) is 3.46. The molecule has 0 saturated heterocycles. The van der Waals surface area contributed by atoms with Gasteiger partial charge in [0.25, 0.3) is 0 Å². The van der Waals surface area contributed by atoms with Gasteiger partial charge in [0.1, 0.15) is 4.90 Å². The molecule has 2 aromatic rings. The molecule has 4 N–H and O–H groups in total. The molecule has 0 atom stereocenters. The minimum atomic E-state index is -3.69. The minimum absolute atomic E-state index is 0.0238. The molecule has 0 saturated carbocycles. The topological polar surface area (TPSA) is 99.4 Å². The Morgan fingerprint density at radius 3 is 2.85 bits per heavy atom. The smallest absolute Gasteiger partial charge is 0.245 e. The third-order valence-electron chi connectivity index (χ3n) is 2.97. The summed E-state index contributed by atoms with van der Waals surface area (Å²) in [7, 11) is -3.69. The lowest BCUT2D eigenvalue weighted by molar-refractivity contribution is 0.260. The number of aromatic nitrogens is 1. The lowest BCUT2D eigenvalue weighted by atomic mass is 10.2. The number of aliphatic hydroxyl groups excluding tert-OH is 1. The number of benzene rings is 1. The van der Waals surface area contributed by atoms with Gasteiger partial charge in [-0.15, -0.1) is 6.58 Å². The van der Waals surface area contributed by atoms with E-state index in [0.29, 0.717) is 16.6 Å². The van der Waals surface area contributed by atoms with Gasteiger partial charge in [-0.05, 0) is 18.2 Å². The first-order valence-electron chi connectivity index (χ1n) is 6.09. The Morgan fingerprint density at radius 2 is 2.20 bits per heavy atom. The molecule has 0 fully saturated rings. The molecular weight excluding hydrogens is 278 g/mol. The highest BCUT2D eigenvalue weighted by molar-refractivity contribution is 7.89. The van der Waals surface area contributed by atoms with Crippen LogP contribution in [-0.2, 0) is 10.0 Å². The Kier molecular flexibility index (Phi) is 4.12. The van der Waals surface area contributed by atoms with Gasteiger partial charge in [0.15, 0.2) is 0 Å². The zero-order valence-electron chi connectivity index (χ0n) is 10.9. The summed E-state index contributed by atoms with van der Waals surface area (Å²) in [4.78, 5) is 3.07. The zero-order chi connectivity index (χ0) is 14.8. The number of aliphatic hydroxyl groups is 1. The molecule has 6 nitrogen and oxygen atoms in total. The number of rotatable bonds is 6. The molecule has 0 aliphatic heterocycles. The van der Waals surface area contributed by atoms with Crippen LogP contribution in [0.3, 0.4) is 0 Å². The number of sulfonamides is 1. The highest BCUT2D eigenvalue weighted by Crippen LogP contribution is 2.26. The highest BCUT2D eigenvalue weighted by Gasteiger charge is 2.26. The van der Waals surface area contributed by atoms with Crippen LogP contribution >= 0.6 is 0 Å². The molecule has 0 radical (unpaired) electrons. The maximum absolute atomic E-state index is 12.6. The molecule has 7 heteroatoms. The van der Waals surface area contributed by atoms with Crippen LogP contribution in [-0.4, -0.2) is 42.5 Å². The molecular formula is C13H17N3O3S. The number of anilines is 1. The lowest BCUT2D eigenvalue weighted by Crippen LogP contribution is -2.33. The molecule has 0 bridgehead atoms. The van der Waals surface area contributed by atoms with Crippen LogP contribution in [0.25, 0.3) is 10.9 Å². The van der Waals surface area contributed by atoms with E-state index >= 15 is 0 Å². The molecule has 0 aliphatic rings. The average molecular weight is 295 g/mol. The normalized spacial score (nSPS) is 12.1. The predicted molar refractivity (Wildman–Crippen MR) is 78.8 cm³/mol. The Labute approximate surface area is 117 Å². The van der Waals surface area contributed by atoms with E-state index in [1.165, 1.54) is 16.6 Å². The SMILES string of the molecule is C=CCN(CCO)S(=O)(=O)c1c[nH]c2cc(N)ccc12. The van der Waals surface area contributed by atoms with E-state index in [-0.39, 0.29) is 24.6 Å². The standard InChI is InChI=1S/C13H17N3O3S/c1-2-5-16(6-7-17)20(18,19)13-9-15-12-8-10(14)3-4-11(12)13/h2-4,8-9,15,17H,1,5-7,14H2. The van der Waals surface area contributed by atoms with Crippen LogP contribution in [0.4, 0.5) is 5.69 Å². The fourth-order valence-corrected chi connectivity index (χ4v) is 3.60. The number of fused-ring (bicyclic) bond motifs is 1. The summed E-state index contributed by atoms with van der Waals surface area (Å²) in [5.41, 5.74) is 6.89. The van der Waals surface area contributed by atoms with Gasteiger partial charge in [-0.2, -0.15) is 4.31 Å². The van der Waals surface area contributed by atoms with Crippen LogP contribution in [0.2, 0.25) is 0 Å². The van der Waals surface area contributed by atoms with E-state index < -0.39 is 10.0 Å². The summed E-state index contributed by atoms with van der Waals surface area (Å²) in [6.07, 6.45) is 2.92. The maximum atomic E-state index is 12.6. The molecule has 1 aromatic carbocycles. The van der Waals surface area contributed by atoms with Crippen LogP contribution in [0, 0.1) is 0 Å². The van der Waals surface area contributed by atoms with Gasteiger partial charge < -0.3 is 15.8 Å². The second kappa shape index (κ2) is 5.66. The average Bonchev–Trinajstić information content (AvgIpc) is 2.82. The molecule has 2 rings (SSSR count). The van der Waals surface area contributed by atoms with Gasteiger partial charge in [0, 0.05) is 35.9 Å². The summed E-state index contributed by atoms with van der Waals surface area (Å²) in [6, 6.07) is 5.00. The molecule has 0 aliphatic carbocycles. The van der Waals surface area contributed by atoms with E-state index in [0.717, 1.165) is 0 Å². The van der Waals surface area contributed by atoms with Crippen LogP contribution in [0.15, 0.2) is 41.9 Å². The van der Waals surface area contributed by atoms with Crippen LogP contribution in [0.5, 0.6) is 0 Å². The number of hydrogen-bond acceptors (Lipinski definition) is 4. The molecule has 108 valence electrons. The fourth-order valence-electron chi connectivity index (χ4n) is 2.03. The summed E-state index contributed by atoms with van der Waals surface area (Å²) in [5.74, 6) is 0. The number of H-pyrrole nitrogens is 1. The monoisotopic (exact) mass is 295 g/mol. The van der Waals surface area contributed by atoms with Gasteiger partial charge in [0.05, 0.1) is 6.61 Å². The molecule has 20 heavy (non-hydrogen) atoms. The Morgan fingerprint density at radius 1 is 1.45 bits per heavy atom. The Balaban J connectivity index is 2.53. The van der Waals surface area contributed by atoms with Gasteiger partial charge in [-0.25, -0.2) is 8.42 Å². The van der Waals surface area contributed by atoms with Crippen molar-refractivity contribution in [2.75, 3.05) is 25.4 Å². The first-order valence-corrected chi connectivity index (χ1v) is 7.53. The minimum Gasteiger partial charge on any atom is -0.399 e. The predicted octanol–water partition coefficient (Wildman–Crippen LogP) is 0.919. The van der Waals surface area contributed by atoms with Crippen molar-refractivity contribution in [2.24, 2.45) is 0 Å². The van der Waals surface area contributed by atoms with Gasteiger partial charge in [0.2, 0.25) is 10.0 Å². The van der Waals surface area contributed by atoms with Crippen LogP contribution < -0.4 is 5.73 Å². The number of nitrogens with zero attached hydrogens (tertiary/aromatic N) is 1. The van der Waals surface area contributed by atoms with Crippen molar-refractivity contribution in [3.63, 3.8) is 0 Å². The number of nitrogen functional groups attached to an aromatic ring is 1. The fraction of sp³-hybridized carbons (Fsp3) is 0.231. The molecule has 1 heterocycles. The molecule has 0 spiro atoms. The van der Waals surface area contributed by atoms with Crippen LogP contribution in [0.1, 0.15) is 0 Å². The quantitative estimate of drug-likeness (QED) is 0.545. The van der Waals surface area contributed by atoms with E-state index in [1.54, 1.807) is 18.2 Å². The number of nitrogens with two attached hydrogens (primary N) is 1. The van der Waals surface area contributed by atoms with Crippen molar-refractivity contribution in [1.29, 1.82) is 0 Å². The number of nitrogens with one attached hydrogen (secondary N) is 1. The van der Waals surface area contributed by atoms with E-state index in [9.17, 15) is 8.42 Å². The second-order valence-corrected chi connectivity index (χ2v) is 6.24.